The molecular formula is C13H17N5O. The van der Waals surface area contributed by atoms with Crippen LogP contribution in [0.3, 0.4) is 0 Å². The maximum atomic E-state index is 5.43. The van der Waals surface area contributed by atoms with Gasteiger partial charge in [0.05, 0.1) is 6.61 Å². The van der Waals surface area contributed by atoms with Gasteiger partial charge in [0.2, 0.25) is 0 Å². The summed E-state index contributed by atoms with van der Waals surface area (Å²) in [5, 5.41) is 3.16. The number of methoxy groups -OCH3 is 1. The molecule has 0 fully saturated rings. The van der Waals surface area contributed by atoms with Gasteiger partial charge in [0.25, 0.3) is 0 Å². The minimum absolute atomic E-state index is 0.564. The van der Waals surface area contributed by atoms with E-state index in [-0.39, 0.29) is 0 Å². The second-order valence-electron chi connectivity index (χ2n) is 3.89. The Morgan fingerprint density at radius 2 is 1.89 bits per heavy atom. The summed E-state index contributed by atoms with van der Waals surface area (Å²) < 4.78 is 4.99. The third-order valence-corrected chi connectivity index (χ3v) is 2.52. The molecule has 1 aromatic heterocycles. The molecule has 0 bridgehead atoms. The zero-order valence-corrected chi connectivity index (χ0v) is 10.8. The summed E-state index contributed by atoms with van der Waals surface area (Å²) in [4.78, 5) is 8.78. The SMILES string of the molecule is COCCNc1cc(NN)nc(-c2ccccc2)n1. The second-order valence-corrected chi connectivity index (χ2v) is 3.89. The van der Waals surface area contributed by atoms with Crippen LogP contribution < -0.4 is 16.6 Å². The smallest absolute Gasteiger partial charge is 0.163 e. The van der Waals surface area contributed by atoms with Crippen LogP contribution in [0.4, 0.5) is 11.6 Å². The lowest BCUT2D eigenvalue weighted by atomic mass is 10.2. The van der Waals surface area contributed by atoms with Crippen LogP contribution in [0.25, 0.3) is 11.4 Å². The van der Waals surface area contributed by atoms with Crippen molar-refractivity contribution in [3.05, 3.63) is 36.4 Å². The summed E-state index contributed by atoms with van der Waals surface area (Å²) in [5.41, 5.74) is 3.48. The van der Waals surface area contributed by atoms with Gasteiger partial charge < -0.3 is 15.5 Å². The highest BCUT2D eigenvalue weighted by Gasteiger charge is 2.05. The summed E-state index contributed by atoms with van der Waals surface area (Å²) in [6, 6.07) is 11.5. The van der Waals surface area contributed by atoms with Crippen molar-refractivity contribution in [2.24, 2.45) is 5.84 Å². The van der Waals surface area contributed by atoms with E-state index in [1.165, 1.54) is 0 Å². The Balaban J connectivity index is 2.26. The van der Waals surface area contributed by atoms with Gasteiger partial charge in [-0.1, -0.05) is 30.3 Å². The molecule has 1 aromatic carbocycles. The lowest BCUT2D eigenvalue weighted by Crippen LogP contribution is -2.13. The van der Waals surface area contributed by atoms with Gasteiger partial charge in [-0.15, -0.1) is 0 Å². The number of hydrazine groups is 1. The van der Waals surface area contributed by atoms with E-state index in [0.29, 0.717) is 30.6 Å². The first-order valence-corrected chi connectivity index (χ1v) is 5.97. The van der Waals surface area contributed by atoms with Crippen molar-refractivity contribution in [3.63, 3.8) is 0 Å². The summed E-state index contributed by atoms with van der Waals surface area (Å²) in [6.45, 7) is 1.28. The minimum atomic E-state index is 0.564. The van der Waals surface area contributed by atoms with Crippen LogP contribution in [0.15, 0.2) is 36.4 Å². The molecule has 6 nitrogen and oxygen atoms in total. The number of hydrogen-bond donors (Lipinski definition) is 3. The number of anilines is 2. The highest BCUT2D eigenvalue weighted by molar-refractivity contribution is 5.60. The number of benzene rings is 1. The molecule has 0 saturated carbocycles. The van der Waals surface area contributed by atoms with Crippen molar-refractivity contribution in [2.45, 2.75) is 0 Å². The van der Waals surface area contributed by atoms with E-state index in [2.05, 4.69) is 20.7 Å². The Bertz CT molecular complexity index is 518. The van der Waals surface area contributed by atoms with Gasteiger partial charge >= 0.3 is 0 Å². The van der Waals surface area contributed by atoms with Crippen molar-refractivity contribution < 1.29 is 4.74 Å². The zero-order valence-electron chi connectivity index (χ0n) is 10.8. The van der Waals surface area contributed by atoms with Crippen LogP contribution in [0.1, 0.15) is 0 Å². The van der Waals surface area contributed by atoms with Crippen molar-refractivity contribution in [1.29, 1.82) is 0 Å². The number of ether oxygens (including phenoxy) is 1. The quantitative estimate of drug-likeness (QED) is 0.414. The Morgan fingerprint density at radius 3 is 2.58 bits per heavy atom. The molecule has 19 heavy (non-hydrogen) atoms. The normalized spacial score (nSPS) is 10.2. The predicted octanol–water partition coefficient (Wildman–Crippen LogP) is 1.49. The van der Waals surface area contributed by atoms with Gasteiger partial charge in [0.1, 0.15) is 11.6 Å². The third kappa shape index (κ3) is 3.64. The Morgan fingerprint density at radius 1 is 1.16 bits per heavy atom. The van der Waals surface area contributed by atoms with Gasteiger partial charge in [-0.2, -0.15) is 0 Å². The maximum absolute atomic E-state index is 5.43. The first kappa shape index (κ1) is 13.3. The number of aromatic nitrogens is 2. The summed E-state index contributed by atoms with van der Waals surface area (Å²) in [6.07, 6.45) is 0. The number of nitrogen functional groups attached to an aromatic ring is 1. The first-order valence-electron chi connectivity index (χ1n) is 5.97. The van der Waals surface area contributed by atoms with Crippen LogP contribution in [-0.2, 0) is 4.74 Å². The van der Waals surface area contributed by atoms with Crippen LogP contribution in [0.2, 0.25) is 0 Å². The fraction of sp³-hybridized carbons (Fsp3) is 0.231. The molecule has 100 valence electrons. The molecule has 0 aliphatic rings. The molecule has 1 heterocycles. The predicted molar refractivity (Wildman–Crippen MR) is 75.6 cm³/mol. The number of hydrogen-bond acceptors (Lipinski definition) is 6. The fourth-order valence-electron chi connectivity index (χ4n) is 1.61. The second kappa shape index (κ2) is 6.67. The number of rotatable bonds is 6. The van der Waals surface area contributed by atoms with Gasteiger partial charge in [0, 0.05) is 25.3 Å². The minimum Gasteiger partial charge on any atom is -0.383 e. The average molecular weight is 259 g/mol. The fourth-order valence-corrected chi connectivity index (χ4v) is 1.61. The van der Waals surface area contributed by atoms with Crippen molar-refractivity contribution in [1.82, 2.24) is 9.97 Å². The van der Waals surface area contributed by atoms with Gasteiger partial charge in [-0.05, 0) is 0 Å². The lowest BCUT2D eigenvalue weighted by molar-refractivity contribution is 0.210. The van der Waals surface area contributed by atoms with Gasteiger partial charge in [-0.3, -0.25) is 0 Å². The topological polar surface area (TPSA) is 85.1 Å². The third-order valence-electron chi connectivity index (χ3n) is 2.52. The molecule has 0 unspecified atom stereocenters. The van der Waals surface area contributed by atoms with E-state index in [9.17, 15) is 0 Å². The molecule has 4 N–H and O–H groups in total. The van der Waals surface area contributed by atoms with Crippen LogP contribution in [-0.4, -0.2) is 30.2 Å². The Labute approximate surface area is 112 Å². The number of nitrogens with two attached hydrogens (primary N) is 1. The summed E-state index contributed by atoms with van der Waals surface area (Å²) >= 11 is 0. The molecule has 0 atom stereocenters. The van der Waals surface area contributed by atoms with Gasteiger partial charge in [-0.25, -0.2) is 15.8 Å². The van der Waals surface area contributed by atoms with E-state index in [1.807, 2.05) is 30.3 Å². The van der Waals surface area contributed by atoms with Crippen LogP contribution in [0.5, 0.6) is 0 Å². The molecule has 0 radical (unpaired) electrons. The molecule has 0 aliphatic carbocycles. The van der Waals surface area contributed by atoms with E-state index >= 15 is 0 Å². The molecular weight excluding hydrogens is 242 g/mol. The average Bonchev–Trinajstić information content (AvgIpc) is 2.48. The molecule has 0 aliphatic heterocycles. The first-order chi connectivity index (χ1) is 9.33. The summed E-state index contributed by atoms with van der Waals surface area (Å²) in [5.74, 6) is 7.32. The molecule has 0 spiro atoms. The van der Waals surface area contributed by atoms with Crippen LogP contribution >= 0.6 is 0 Å². The van der Waals surface area contributed by atoms with Crippen molar-refractivity contribution in [2.75, 3.05) is 31.0 Å². The monoisotopic (exact) mass is 259 g/mol. The molecule has 2 rings (SSSR count). The number of nitrogens with one attached hydrogen (secondary N) is 2. The molecule has 2 aromatic rings. The molecule has 0 saturated heterocycles. The zero-order chi connectivity index (χ0) is 13.5. The highest BCUT2D eigenvalue weighted by atomic mass is 16.5. The number of nitrogens with zero attached hydrogens (tertiary/aromatic N) is 2. The largest absolute Gasteiger partial charge is 0.383 e. The summed E-state index contributed by atoms with van der Waals surface area (Å²) in [7, 11) is 1.66. The van der Waals surface area contributed by atoms with Gasteiger partial charge in [0.15, 0.2) is 5.82 Å². The molecule has 0 amide bonds. The molecule has 6 heteroatoms. The maximum Gasteiger partial charge on any atom is 0.163 e. The standard InChI is InChI=1S/C13H17N5O/c1-19-8-7-15-11-9-12(18-14)17-13(16-11)10-5-3-2-4-6-10/h2-6,9H,7-8,14H2,1H3,(H2,15,16,17,18). The van der Waals surface area contributed by atoms with E-state index < -0.39 is 0 Å². The van der Waals surface area contributed by atoms with E-state index in [1.54, 1.807) is 13.2 Å². The Hall–Kier alpha value is -2.18. The van der Waals surface area contributed by atoms with Crippen molar-refractivity contribution >= 4 is 11.6 Å². The van der Waals surface area contributed by atoms with E-state index in [4.69, 9.17) is 10.6 Å². The highest BCUT2D eigenvalue weighted by Crippen LogP contribution is 2.19. The van der Waals surface area contributed by atoms with E-state index in [0.717, 1.165) is 5.56 Å². The lowest BCUT2D eigenvalue weighted by Gasteiger charge is -2.09. The Kier molecular flexibility index (Phi) is 4.66. The van der Waals surface area contributed by atoms with Crippen molar-refractivity contribution in [3.8, 4) is 11.4 Å². The van der Waals surface area contributed by atoms with Crippen LogP contribution in [0, 0.1) is 0 Å².